The molecule has 1 aromatic carbocycles. The Bertz CT molecular complexity index is 467. The van der Waals surface area contributed by atoms with Crippen molar-refractivity contribution in [1.29, 1.82) is 0 Å². The molecule has 0 bridgehead atoms. The van der Waals surface area contributed by atoms with Crippen molar-refractivity contribution in [3.8, 4) is 5.75 Å². The summed E-state index contributed by atoms with van der Waals surface area (Å²) < 4.78 is 5.89. The SMILES string of the molecule is CN=C(NCCCOc1c(C)cccc1C)NCC1CC1.I. The lowest BCUT2D eigenvalue weighted by Gasteiger charge is -2.13. The van der Waals surface area contributed by atoms with Crippen molar-refractivity contribution in [1.82, 2.24) is 10.6 Å². The molecule has 0 radical (unpaired) electrons. The van der Waals surface area contributed by atoms with Crippen LogP contribution in [-0.4, -0.2) is 32.7 Å². The van der Waals surface area contributed by atoms with Crippen molar-refractivity contribution in [2.45, 2.75) is 33.1 Å². The highest BCUT2D eigenvalue weighted by Crippen LogP contribution is 2.27. The zero-order chi connectivity index (χ0) is 15.1. The lowest BCUT2D eigenvalue weighted by molar-refractivity contribution is 0.307. The van der Waals surface area contributed by atoms with E-state index in [9.17, 15) is 0 Å². The van der Waals surface area contributed by atoms with E-state index < -0.39 is 0 Å². The molecule has 1 aliphatic carbocycles. The van der Waals surface area contributed by atoms with Gasteiger partial charge in [-0.25, -0.2) is 0 Å². The predicted molar refractivity (Wildman–Crippen MR) is 104 cm³/mol. The standard InChI is InChI=1S/C17H27N3O.HI/c1-13-6-4-7-14(2)16(13)21-11-5-10-19-17(18-3)20-12-15-8-9-15;/h4,6-7,15H,5,8-12H2,1-3H3,(H2,18,19,20);1H. The highest BCUT2D eigenvalue weighted by Gasteiger charge is 2.20. The van der Waals surface area contributed by atoms with Gasteiger partial charge in [-0.15, -0.1) is 24.0 Å². The average molecular weight is 417 g/mol. The Morgan fingerprint density at radius 1 is 1.23 bits per heavy atom. The Morgan fingerprint density at radius 2 is 1.91 bits per heavy atom. The largest absolute Gasteiger partial charge is 0.493 e. The van der Waals surface area contributed by atoms with Crippen LogP contribution in [0.4, 0.5) is 0 Å². The summed E-state index contributed by atoms with van der Waals surface area (Å²) >= 11 is 0. The van der Waals surface area contributed by atoms with E-state index in [1.807, 2.05) is 7.05 Å². The van der Waals surface area contributed by atoms with Gasteiger partial charge in [-0.2, -0.15) is 0 Å². The average Bonchev–Trinajstić information content (AvgIpc) is 3.28. The Morgan fingerprint density at radius 3 is 2.50 bits per heavy atom. The molecule has 0 heterocycles. The minimum absolute atomic E-state index is 0. The lowest BCUT2D eigenvalue weighted by Crippen LogP contribution is -2.39. The molecule has 1 aromatic rings. The third-order valence-electron chi connectivity index (χ3n) is 3.75. The van der Waals surface area contributed by atoms with E-state index in [2.05, 4.69) is 47.7 Å². The fraction of sp³-hybridized carbons (Fsp3) is 0.588. The third kappa shape index (κ3) is 6.42. The number of aryl methyl sites for hydroxylation is 2. The molecule has 22 heavy (non-hydrogen) atoms. The monoisotopic (exact) mass is 417 g/mol. The summed E-state index contributed by atoms with van der Waals surface area (Å²) in [6, 6.07) is 6.24. The third-order valence-corrected chi connectivity index (χ3v) is 3.75. The normalized spacial score (nSPS) is 14.2. The van der Waals surface area contributed by atoms with Gasteiger partial charge in [0, 0.05) is 20.1 Å². The molecule has 5 heteroatoms. The van der Waals surface area contributed by atoms with E-state index in [0.717, 1.165) is 43.7 Å². The molecular formula is C17H28IN3O. The Hall–Kier alpha value is -0.980. The molecule has 4 nitrogen and oxygen atoms in total. The molecule has 124 valence electrons. The molecule has 1 saturated carbocycles. The number of halogens is 1. The Labute approximate surface area is 151 Å². The van der Waals surface area contributed by atoms with Crippen molar-refractivity contribution >= 4 is 29.9 Å². The number of guanidine groups is 1. The van der Waals surface area contributed by atoms with E-state index in [0.29, 0.717) is 0 Å². The van der Waals surface area contributed by atoms with Gasteiger partial charge in [0.05, 0.1) is 6.61 Å². The van der Waals surface area contributed by atoms with Gasteiger partial charge >= 0.3 is 0 Å². The molecule has 0 aromatic heterocycles. The quantitative estimate of drug-likeness (QED) is 0.310. The molecule has 2 N–H and O–H groups in total. The summed E-state index contributed by atoms with van der Waals surface area (Å²) in [6.45, 7) is 6.81. The van der Waals surface area contributed by atoms with Crippen molar-refractivity contribution in [3.63, 3.8) is 0 Å². The van der Waals surface area contributed by atoms with Crippen LogP contribution in [0.25, 0.3) is 0 Å². The number of para-hydroxylation sites is 1. The smallest absolute Gasteiger partial charge is 0.190 e. The van der Waals surface area contributed by atoms with E-state index >= 15 is 0 Å². The summed E-state index contributed by atoms with van der Waals surface area (Å²) in [5, 5.41) is 6.68. The maximum atomic E-state index is 5.89. The maximum Gasteiger partial charge on any atom is 0.190 e. The molecule has 1 aliphatic rings. The zero-order valence-electron chi connectivity index (χ0n) is 13.8. The number of hydrogen-bond donors (Lipinski definition) is 2. The topological polar surface area (TPSA) is 45.7 Å². The number of hydrogen-bond acceptors (Lipinski definition) is 2. The van der Waals surface area contributed by atoms with Gasteiger partial charge in [-0.1, -0.05) is 18.2 Å². The second kappa shape index (κ2) is 9.92. The minimum atomic E-state index is 0. The predicted octanol–water partition coefficient (Wildman–Crippen LogP) is 3.27. The van der Waals surface area contributed by atoms with E-state index in [1.54, 1.807) is 0 Å². The van der Waals surface area contributed by atoms with Crippen LogP contribution in [0, 0.1) is 19.8 Å². The summed E-state index contributed by atoms with van der Waals surface area (Å²) in [7, 11) is 1.81. The summed E-state index contributed by atoms with van der Waals surface area (Å²) in [5.41, 5.74) is 2.40. The number of rotatable bonds is 7. The first kappa shape index (κ1) is 19.1. The van der Waals surface area contributed by atoms with Gasteiger partial charge in [0.2, 0.25) is 0 Å². The fourth-order valence-electron chi connectivity index (χ4n) is 2.26. The first-order valence-electron chi connectivity index (χ1n) is 7.84. The van der Waals surface area contributed by atoms with Gasteiger partial charge < -0.3 is 15.4 Å². The molecular weight excluding hydrogens is 389 g/mol. The number of ether oxygens (including phenoxy) is 1. The summed E-state index contributed by atoms with van der Waals surface area (Å²) in [6.07, 6.45) is 3.67. The molecule has 2 rings (SSSR count). The zero-order valence-corrected chi connectivity index (χ0v) is 16.1. The van der Waals surface area contributed by atoms with Crippen molar-refractivity contribution in [2.24, 2.45) is 10.9 Å². The number of nitrogens with zero attached hydrogens (tertiary/aromatic N) is 1. The van der Waals surface area contributed by atoms with E-state index in [-0.39, 0.29) is 24.0 Å². The molecule has 0 saturated heterocycles. The van der Waals surface area contributed by atoms with Crippen molar-refractivity contribution in [3.05, 3.63) is 29.3 Å². The fourth-order valence-corrected chi connectivity index (χ4v) is 2.26. The van der Waals surface area contributed by atoms with Crippen LogP contribution in [0.3, 0.4) is 0 Å². The lowest BCUT2D eigenvalue weighted by atomic mass is 10.1. The first-order chi connectivity index (χ1) is 10.2. The molecule has 0 aliphatic heterocycles. The van der Waals surface area contributed by atoms with E-state index in [4.69, 9.17) is 4.74 Å². The van der Waals surface area contributed by atoms with Gasteiger partial charge in [0.1, 0.15) is 5.75 Å². The van der Waals surface area contributed by atoms with Gasteiger partial charge in [-0.05, 0) is 50.2 Å². The summed E-state index contributed by atoms with van der Waals surface area (Å²) in [4.78, 5) is 4.23. The molecule has 0 spiro atoms. The second-order valence-corrected chi connectivity index (χ2v) is 5.75. The van der Waals surface area contributed by atoms with Crippen LogP contribution in [0.15, 0.2) is 23.2 Å². The molecule has 0 atom stereocenters. The van der Waals surface area contributed by atoms with Gasteiger partial charge in [0.15, 0.2) is 5.96 Å². The molecule has 0 unspecified atom stereocenters. The molecule has 1 fully saturated rings. The first-order valence-corrected chi connectivity index (χ1v) is 7.84. The van der Waals surface area contributed by atoms with Gasteiger partial charge in [0.25, 0.3) is 0 Å². The minimum Gasteiger partial charge on any atom is -0.493 e. The highest BCUT2D eigenvalue weighted by molar-refractivity contribution is 14.0. The number of aliphatic imine (C=N–C) groups is 1. The number of benzene rings is 1. The molecule has 0 amide bonds. The van der Waals surface area contributed by atoms with Crippen LogP contribution in [0.2, 0.25) is 0 Å². The van der Waals surface area contributed by atoms with Crippen LogP contribution in [-0.2, 0) is 0 Å². The maximum absolute atomic E-state index is 5.89. The van der Waals surface area contributed by atoms with Gasteiger partial charge in [-0.3, -0.25) is 4.99 Å². The van der Waals surface area contributed by atoms with Crippen LogP contribution < -0.4 is 15.4 Å². The van der Waals surface area contributed by atoms with Crippen molar-refractivity contribution < 1.29 is 4.74 Å². The van der Waals surface area contributed by atoms with Crippen molar-refractivity contribution in [2.75, 3.05) is 26.7 Å². The number of nitrogens with one attached hydrogen (secondary N) is 2. The van der Waals surface area contributed by atoms with E-state index in [1.165, 1.54) is 24.0 Å². The van der Waals surface area contributed by atoms with Crippen LogP contribution in [0.1, 0.15) is 30.4 Å². The van der Waals surface area contributed by atoms with Crippen LogP contribution in [0.5, 0.6) is 5.75 Å². The Balaban J connectivity index is 0.00000242. The summed E-state index contributed by atoms with van der Waals surface area (Å²) in [5.74, 6) is 2.78. The highest BCUT2D eigenvalue weighted by atomic mass is 127. The Kier molecular flexibility index (Phi) is 8.60. The second-order valence-electron chi connectivity index (χ2n) is 5.75. The van der Waals surface area contributed by atoms with Crippen LogP contribution >= 0.6 is 24.0 Å².